The molecule has 164 valence electrons. The van der Waals surface area contributed by atoms with E-state index in [4.69, 9.17) is 9.47 Å². The number of nitrogens with zero attached hydrogens (tertiary/aromatic N) is 3. The Kier molecular flexibility index (Phi) is 4.67. The smallest absolute Gasteiger partial charge is 0.331 e. The van der Waals surface area contributed by atoms with Gasteiger partial charge in [-0.15, -0.1) is 0 Å². The van der Waals surface area contributed by atoms with E-state index in [0.717, 1.165) is 27.1 Å². The van der Waals surface area contributed by atoms with Crippen molar-refractivity contribution in [1.29, 1.82) is 0 Å². The van der Waals surface area contributed by atoms with Gasteiger partial charge in [0.05, 0.1) is 36.0 Å². The first-order valence-corrected chi connectivity index (χ1v) is 10.3. The molecule has 0 radical (unpaired) electrons. The highest BCUT2D eigenvalue weighted by atomic mass is 16.5. The second kappa shape index (κ2) is 7.42. The van der Waals surface area contributed by atoms with Crippen molar-refractivity contribution in [2.75, 3.05) is 13.7 Å². The molecule has 0 fully saturated rings. The quantitative estimate of drug-likeness (QED) is 0.537. The van der Waals surface area contributed by atoms with Gasteiger partial charge in [-0.3, -0.25) is 13.9 Å². The largest absolute Gasteiger partial charge is 0.504 e. The van der Waals surface area contributed by atoms with Gasteiger partial charge < -0.3 is 19.1 Å². The van der Waals surface area contributed by atoms with Crippen molar-refractivity contribution in [3.05, 3.63) is 80.6 Å². The molecule has 4 aromatic rings. The lowest BCUT2D eigenvalue weighted by Crippen LogP contribution is -2.37. The molecule has 0 amide bonds. The molecular weight excluding hydrogens is 410 g/mol. The predicted molar refractivity (Wildman–Crippen MR) is 120 cm³/mol. The molecule has 1 aliphatic rings. The van der Waals surface area contributed by atoms with Crippen molar-refractivity contribution in [1.82, 2.24) is 13.7 Å². The van der Waals surface area contributed by atoms with Crippen molar-refractivity contribution in [2.45, 2.75) is 12.6 Å². The number of hydrogen-bond acceptors (Lipinski definition) is 5. The molecule has 2 aromatic heterocycles. The fraction of sp³-hybridized carbons (Fsp3) is 0.250. The summed E-state index contributed by atoms with van der Waals surface area (Å²) in [7, 11) is 4.65. The molecule has 0 aliphatic carbocycles. The number of phenolic OH excluding ortho intramolecular Hbond substituents is 1. The summed E-state index contributed by atoms with van der Waals surface area (Å²) in [4.78, 5) is 26.2. The average Bonchev–Trinajstić information content (AvgIpc) is 3.18. The first-order chi connectivity index (χ1) is 15.4. The lowest BCUT2D eigenvalue weighted by molar-refractivity contribution is 0.0477. The molecule has 0 saturated heterocycles. The maximum absolute atomic E-state index is 13.3. The molecule has 1 atom stereocenters. The van der Waals surface area contributed by atoms with E-state index in [-0.39, 0.29) is 11.3 Å². The Hall–Kier alpha value is -3.78. The third-order valence-electron chi connectivity index (χ3n) is 6.11. The van der Waals surface area contributed by atoms with Gasteiger partial charge in [-0.05, 0) is 23.3 Å². The van der Waals surface area contributed by atoms with Crippen LogP contribution in [-0.2, 0) is 25.4 Å². The average molecular weight is 433 g/mol. The summed E-state index contributed by atoms with van der Waals surface area (Å²) in [6.45, 7) is 0.966. The molecule has 0 saturated carbocycles. The number of rotatable bonds is 3. The number of hydrogen-bond donors (Lipinski definition) is 1. The summed E-state index contributed by atoms with van der Waals surface area (Å²) in [5.41, 5.74) is 2.96. The van der Waals surface area contributed by atoms with Crippen molar-refractivity contribution >= 4 is 10.9 Å². The Bertz CT molecular complexity index is 1460. The zero-order valence-electron chi connectivity index (χ0n) is 18.0. The Balaban J connectivity index is 1.91. The van der Waals surface area contributed by atoms with Gasteiger partial charge in [0.25, 0.3) is 5.56 Å². The second-order valence-electron chi connectivity index (χ2n) is 7.86. The van der Waals surface area contributed by atoms with Crippen molar-refractivity contribution in [2.24, 2.45) is 14.1 Å². The molecule has 2 aromatic carbocycles. The van der Waals surface area contributed by atoms with Gasteiger partial charge in [0.15, 0.2) is 11.5 Å². The van der Waals surface area contributed by atoms with Gasteiger partial charge in [-0.2, -0.15) is 0 Å². The number of aromatic nitrogens is 3. The molecule has 5 rings (SSSR count). The molecule has 1 aliphatic heterocycles. The monoisotopic (exact) mass is 433 g/mol. The maximum Gasteiger partial charge on any atom is 0.331 e. The normalized spacial score (nSPS) is 15.7. The van der Waals surface area contributed by atoms with Crippen LogP contribution in [0.3, 0.4) is 0 Å². The van der Waals surface area contributed by atoms with Crippen LogP contribution in [0.1, 0.15) is 17.4 Å². The Morgan fingerprint density at radius 3 is 2.53 bits per heavy atom. The minimum absolute atomic E-state index is 0.0264. The number of benzene rings is 2. The van der Waals surface area contributed by atoms with Crippen LogP contribution in [0.4, 0.5) is 0 Å². The molecule has 0 unspecified atom stereocenters. The van der Waals surface area contributed by atoms with E-state index in [1.165, 1.54) is 18.7 Å². The van der Waals surface area contributed by atoms with Gasteiger partial charge in [-0.25, -0.2) is 4.79 Å². The van der Waals surface area contributed by atoms with E-state index in [1.807, 2.05) is 30.3 Å². The highest BCUT2D eigenvalue weighted by Gasteiger charge is 2.33. The summed E-state index contributed by atoms with van der Waals surface area (Å²) < 4.78 is 16.2. The van der Waals surface area contributed by atoms with E-state index in [2.05, 4.69) is 4.57 Å². The van der Waals surface area contributed by atoms with Crippen molar-refractivity contribution < 1.29 is 14.6 Å². The highest BCUT2D eigenvalue weighted by Crippen LogP contribution is 2.42. The second-order valence-corrected chi connectivity index (χ2v) is 7.86. The Morgan fingerprint density at radius 2 is 1.81 bits per heavy atom. The minimum Gasteiger partial charge on any atom is -0.504 e. The van der Waals surface area contributed by atoms with E-state index in [0.29, 0.717) is 29.8 Å². The van der Waals surface area contributed by atoms with E-state index < -0.39 is 11.8 Å². The SMILES string of the molecule is COc1cc([C@@H]2OCCn3c(-c4ccccc4)c4c(=O)n(C)c(=O)n(C)c4c32)ccc1O. The van der Waals surface area contributed by atoms with Crippen LogP contribution < -0.4 is 16.0 Å². The van der Waals surface area contributed by atoms with Crippen molar-refractivity contribution in [3.8, 4) is 22.8 Å². The topological polar surface area (TPSA) is 87.6 Å². The Morgan fingerprint density at radius 1 is 1.06 bits per heavy atom. The van der Waals surface area contributed by atoms with Gasteiger partial charge >= 0.3 is 5.69 Å². The maximum atomic E-state index is 13.3. The lowest BCUT2D eigenvalue weighted by atomic mass is 10.0. The molecule has 32 heavy (non-hydrogen) atoms. The molecule has 8 nitrogen and oxygen atoms in total. The van der Waals surface area contributed by atoms with Crippen LogP contribution in [0.5, 0.6) is 11.5 Å². The Labute approximate surface area is 183 Å². The standard InChI is InChI=1S/C24H23N3O5/c1-25-20-18(23(29)26(2)24(25)30)19(14-7-5-4-6-8-14)27-11-12-32-22(21(20)27)15-9-10-16(28)17(13-15)31-3/h4-10,13,22,28H,11-12H2,1-3H3/t22-/m0/s1. The third kappa shape index (κ3) is 2.80. The highest BCUT2D eigenvalue weighted by molar-refractivity contribution is 5.96. The number of aryl methyl sites for hydroxylation is 1. The zero-order valence-corrected chi connectivity index (χ0v) is 18.0. The van der Waals surface area contributed by atoms with Gasteiger partial charge in [-0.1, -0.05) is 36.4 Å². The summed E-state index contributed by atoms with van der Waals surface area (Å²) in [6, 6.07) is 14.7. The molecule has 3 heterocycles. The third-order valence-corrected chi connectivity index (χ3v) is 6.11. The van der Waals surface area contributed by atoms with Crippen LogP contribution in [-0.4, -0.2) is 32.5 Å². The van der Waals surface area contributed by atoms with E-state index >= 15 is 0 Å². The lowest BCUT2D eigenvalue weighted by Gasteiger charge is -2.28. The van der Waals surface area contributed by atoms with Crippen LogP contribution >= 0.6 is 0 Å². The number of phenols is 1. The molecular formula is C24H23N3O5. The molecule has 0 bridgehead atoms. The van der Waals surface area contributed by atoms with E-state index in [9.17, 15) is 14.7 Å². The van der Waals surface area contributed by atoms with Crippen LogP contribution in [0, 0.1) is 0 Å². The van der Waals surface area contributed by atoms with Crippen molar-refractivity contribution in [3.63, 3.8) is 0 Å². The van der Waals surface area contributed by atoms with Gasteiger partial charge in [0.2, 0.25) is 0 Å². The fourth-order valence-electron chi connectivity index (χ4n) is 4.59. The van der Waals surface area contributed by atoms with Gasteiger partial charge in [0, 0.05) is 20.6 Å². The molecule has 8 heteroatoms. The number of ether oxygens (including phenoxy) is 2. The summed E-state index contributed by atoms with van der Waals surface area (Å²) in [5.74, 6) is 0.353. The number of fused-ring (bicyclic) bond motifs is 3. The summed E-state index contributed by atoms with van der Waals surface area (Å²) >= 11 is 0. The number of aromatic hydroxyl groups is 1. The molecule has 1 N–H and O–H groups in total. The molecule has 0 spiro atoms. The summed E-state index contributed by atoms with van der Waals surface area (Å²) in [6.07, 6.45) is -0.545. The predicted octanol–water partition coefficient (Wildman–Crippen LogP) is 2.54. The first-order valence-electron chi connectivity index (χ1n) is 10.3. The zero-order chi connectivity index (χ0) is 22.6. The van der Waals surface area contributed by atoms with Crippen LogP contribution in [0.15, 0.2) is 58.1 Å². The summed E-state index contributed by atoms with van der Waals surface area (Å²) in [5, 5.41) is 10.5. The van der Waals surface area contributed by atoms with Crippen LogP contribution in [0.2, 0.25) is 0 Å². The van der Waals surface area contributed by atoms with E-state index in [1.54, 1.807) is 25.2 Å². The van der Waals surface area contributed by atoms with Crippen LogP contribution in [0.25, 0.3) is 22.2 Å². The fourth-order valence-corrected chi connectivity index (χ4v) is 4.59. The minimum atomic E-state index is -0.545. The van der Waals surface area contributed by atoms with Gasteiger partial charge in [0.1, 0.15) is 6.10 Å². The number of methoxy groups -OCH3 is 1. The first kappa shape index (κ1) is 20.1.